The Morgan fingerprint density at radius 1 is 1.16 bits per heavy atom. The minimum absolute atomic E-state index is 0.158. The Kier molecular flexibility index (Phi) is 4.45. The molecule has 0 bridgehead atoms. The quantitative estimate of drug-likeness (QED) is 0.832. The van der Waals surface area contributed by atoms with Gasteiger partial charge in [0.1, 0.15) is 4.90 Å². The molecule has 2 rings (SSSR count). The first kappa shape index (κ1) is 15.1. The summed E-state index contributed by atoms with van der Waals surface area (Å²) in [7, 11) is -3.51. The number of piperidine rings is 1. The normalized spacial score (nSPS) is 18.7. The number of hydrogen-bond donors (Lipinski definition) is 0. The zero-order valence-corrected chi connectivity index (χ0v) is 13.3. The van der Waals surface area contributed by atoms with E-state index in [1.54, 1.807) is 13.0 Å². The van der Waals surface area contributed by atoms with E-state index >= 15 is 0 Å². The van der Waals surface area contributed by atoms with Crippen molar-refractivity contribution in [1.29, 1.82) is 0 Å². The van der Waals surface area contributed by atoms with Crippen LogP contribution in [0.5, 0.6) is 0 Å². The zero-order valence-electron chi connectivity index (χ0n) is 11.0. The SMILES string of the molecule is Cc1cc(S(=O)(=O)N2CCC(C)CC2)c(Cl)cc1Cl. The van der Waals surface area contributed by atoms with E-state index < -0.39 is 10.0 Å². The van der Waals surface area contributed by atoms with Crippen molar-refractivity contribution in [2.24, 2.45) is 5.92 Å². The number of halogens is 2. The average Bonchev–Trinajstić information content (AvgIpc) is 2.34. The third kappa shape index (κ3) is 3.07. The van der Waals surface area contributed by atoms with Gasteiger partial charge >= 0.3 is 0 Å². The summed E-state index contributed by atoms with van der Waals surface area (Å²) in [6, 6.07) is 3.05. The molecule has 1 fully saturated rings. The Bertz CT molecular complexity index is 579. The molecule has 3 nitrogen and oxygen atoms in total. The molecule has 19 heavy (non-hydrogen) atoms. The second-order valence-electron chi connectivity index (χ2n) is 5.12. The maximum absolute atomic E-state index is 12.6. The van der Waals surface area contributed by atoms with Gasteiger partial charge in [0.25, 0.3) is 0 Å². The molecule has 0 unspecified atom stereocenters. The summed E-state index contributed by atoms with van der Waals surface area (Å²) in [5, 5.41) is 0.672. The number of hydrogen-bond acceptors (Lipinski definition) is 2. The molecule has 0 amide bonds. The smallest absolute Gasteiger partial charge is 0.207 e. The van der Waals surface area contributed by atoms with E-state index in [-0.39, 0.29) is 9.92 Å². The third-order valence-electron chi connectivity index (χ3n) is 3.57. The van der Waals surface area contributed by atoms with E-state index in [1.807, 2.05) is 0 Å². The molecule has 0 spiro atoms. The molecule has 1 aliphatic heterocycles. The summed E-state index contributed by atoms with van der Waals surface area (Å²) in [6.45, 7) is 5.03. The number of sulfonamides is 1. The molecule has 1 aromatic carbocycles. The van der Waals surface area contributed by atoms with Crippen LogP contribution in [0.15, 0.2) is 17.0 Å². The predicted octanol–water partition coefficient (Wildman–Crippen LogP) is 3.72. The average molecular weight is 322 g/mol. The van der Waals surface area contributed by atoms with Crippen LogP contribution in [0.1, 0.15) is 25.3 Å². The summed E-state index contributed by atoms with van der Waals surface area (Å²) in [5.41, 5.74) is 0.718. The lowest BCUT2D eigenvalue weighted by Gasteiger charge is -2.29. The van der Waals surface area contributed by atoms with Crippen molar-refractivity contribution in [1.82, 2.24) is 4.31 Å². The fourth-order valence-corrected chi connectivity index (χ4v) is 4.47. The lowest BCUT2D eigenvalue weighted by molar-refractivity contribution is 0.288. The lowest BCUT2D eigenvalue weighted by atomic mass is 10.0. The molecule has 0 aromatic heterocycles. The summed E-state index contributed by atoms with van der Waals surface area (Å²) in [4.78, 5) is 0.158. The Morgan fingerprint density at radius 3 is 2.32 bits per heavy atom. The van der Waals surface area contributed by atoms with Gasteiger partial charge in [-0.05, 0) is 43.4 Å². The van der Waals surface area contributed by atoms with Crippen LogP contribution in [0.4, 0.5) is 0 Å². The molecule has 0 aliphatic carbocycles. The van der Waals surface area contributed by atoms with Gasteiger partial charge in [0.05, 0.1) is 5.02 Å². The Morgan fingerprint density at radius 2 is 1.74 bits per heavy atom. The first-order chi connectivity index (χ1) is 8.82. The van der Waals surface area contributed by atoms with E-state index in [0.29, 0.717) is 24.0 Å². The highest BCUT2D eigenvalue weighted by atomic mass is 35.5. The predicted molar refractivity (Wildman–Crippen MR) is 78.4 cm³/mol. The van der Waals surface area contributed by atoms with Gasteiger partial charge < -0.3 is 0 Å². The lowest BCUT2D eigenvalue weighted by Crippen LogP contribution is -2.38. The van der Waals surface area contributed by atoms with Crippen molar-refractivity contribution < 1.29 is 8.42 Å². The molecule has 6 heteroatoms. The number of benzene rings is 1. The topological polar surface area (TPSA) is 37.4 Å². The monoisotopic (exact) mass is 321 g/mol. The molecule has 0 atom stereocenters. The standard InChI is InChI=1S/C13H17Cl2NO2S/c1-9-3-5-16(6-4-9)19(17,18)13-7-10(2)11(14)8-12(13)15/h7-9H,3-6H2,1-2H3. The Balaban J connectivity index is 2.37. The fourth-order valence-electron chi connectivity index (χ4n) is 2.19. The highest BCUT2D eigenvalue weighted by Gasteiger charge is 2.30. The first-order valence-electron chi connectivity index (χ1n) is 6.28. The molecule has 1 aliphatic rings. The molecule has 106 valence electrons. The van der Waals surface area contributed by atoms with Crippen molar-refractivity contribution in [2.45, 2.75) is 31.6 Å². The molecule has 0 saturated carbocycles. The van der Waals surface area contributed by atoms with Crippen LogP contribution >= 0.6 is 23.2 Å². The summed E-state index contributed by atoms with van der Waals surface area (Å²) in [6.07, 6.45) is 1.78. The van der Waals surface area contributed by atoms with Crippen LogP contribution in [0.3, 0.4) is 0 Å². The van der Waals surface area contributed by atoms with E-state index in [1.165, 1.54) is 10.4 Å². The molecule has 1 saturated heterocycles. The maximum atomic E-state index is 12.6. The Labute approximate surface area is 124 Å². The van der Waals surface area contributed by atoms with Crippen LogP contribution < -0.4 is 0 Å². The van der Waals surface area contributed by atoms with Gasteiger partial charge in [0.2, 0.25) is 10.0 Å². The van der Waals surface area contributed by atoms with E-state index in [9.17, 15) is 8.42 Å². The number of aryl methyl sites for hydroxylation is 1. The van der Waals surface area contributed by atoms with E-state index in [2.05, 4.69) is 6.92 Å². The molecule has 1 heterocycles. The highest BCUT2D eigenvalue weighted by Crippen LogP contribution is 2.31. The molecule has 0 radical (unpaired) electrons. The van der Waals surface area contributed by atoms with Crippen LogP contribution in [0.2, 0.25) is 10.0 Å². The minimum Gasteiger partial charge on any atom is -0.207 e. The third-order valence-corrected chi connectivity index (χ3v) is 6.34. The maximum Gasteiger partial charge on any atom is 0.244 e. The first-order valence-corrected chi connectivity index (χ1v) is 8.47. The van der Waals surface area contributed by atoms with Crippen LogP contribution in [-0.2, 0) is 10.0 Å². The van der Waals surface area contributed by atoms with Gasteiger partial charge in [-0.1, -0.05) is 30.1 Å². The summed E-state index contributed by atoms with van der Waals surface area (Å²) >= 11 is 12.0. The van der Waals surface area contributed by atoms with E-state index in [0.717, 1.165) is 18.4 Å². The van der Waals surface area contributed by atoms with Crippen molar-refractivity contribution >= 4 is 33.2 Å². The molecule has 1 aromatic rings. The van der Waals surface area contributed by atoms with Crippen molar-refractivity contribution in [3.05, 3.63) is 27.7 Å². The summed E-state index contributed by atoms with van der Waals surface area (Å²) < 4.78 is 26.7. The van der Waals surface area contributed by atoms with Crippen molar-refractivity contribution in [3.8, 4) is 0 Å². The van der Waals surface area contributed by atoms with Gasteiger partial charge in [0, 0.05) is 18.1 Å². The van der Waals surface area contributed by atoms with Crippen LogP contribution in [0.25, 0.3) is 0 Å². The minimum atomic E-state index is -3.51. The zero-order chi connectivity index (χ0) is 14.2. The molecular weight excluding hydrogens is 305 g/mol. The van der Waals surface area contributed by atoms with Crippen LogP contribution in [-0.4, -0.2) is 25.8 Å². The molecular formula is C13H17Cl2NO2S. The second kappa shape index (κ2) is 5.60. The van der Waals surface area contributed by atoms with Gasteiger partial charge in [-0.3, -0.25) is 0 Å². The summed E-state index contributed by atoms with van der Waals surface area (Å²) in [5.74, 6) is 0.578. The molecule has 0 N–H and O–H groups in total. The van der Waals surface area contributed by atoms with Gasteiger partial charge in [-0.25, -0.2) is 8.42 Å². The van der Waals surface area contributed by atoms with Crippen molar-refractivity contribution in [3.63, 3.8) is 0 Å². The van der Waals surface area contributed by atoms with Gasteiger partial charge in [-0.15, -0.1) is 0 Å². The highest BCUT2D eigenvalue weighted by molar-refractivity contribution is 7.89. The van der Waals surface area contributed by atoms with Gasteiger partial charge in [-0.2, -0.15) is 4.31 Å². The number of rotatable bonds is 2. The number of nitrogens with zero attached hydrogens (tertiary/aromatic N) is 1. The second-order valence-corrected chi connectivity index (χ2v) is 7.84. The van der Waals surface area contributed by atoms with Crippen molar-refractivity contribution in [2.75, 3.05) is 13.1 Å². The fraction of sp³-hybridized carbons (Fsp3) is 0.538. The van der Waals surface area contributed by atoms with Crippen LogP contribution in [0, 0.1) is 12.8 Å². The van der Waals surface area contributed by atoms with E-state index in [4.69, 9.17) is 23.2 Å². The Hall–Kier alpha value is -0.290. The van der Waals surface area contributed by atoms with Gasteiger partial charge in [0.15, 0.2) is 0 Å². The largest absolute Gasteiger partial charge is 0.244 e.